The molecule has 2 amide bonds. The van der Waals surface area contributed by atoms with Gasteiger partial charge < -0.3 is 9.64 Å². The van der Waals surface area contributed by atoms with E-state index in [1.807, 2.05) is 5.92 Å². The highest BCUT2D eigenvalue weighted by Gasteiger charge is 2.42. The van der Waals surface area contributed by atoms with E-state index in [1.54, 1.807) is 36.4 Å². The van der Waals surface area contributed by atoms with E-state index in [-0.39, 0.29) is 19.7 Å². The number of carbonyl (C=O) groups is 2. The molecule has 6 nitrogen and oxygen atoms in total. The second kappa shape index (κ2) is 11.2. The smallest absolute Gasteiger partial charge is 0.444 e. The predicted molar refractivity (Wildman–Crippen MR) is 93.1 cm³/mol. The third-order valence-corrected chi connectivity index (χ3v) is 3.20. The first-order valence-corrected chi connectivity index (χ1v) is 7.87. The monoisotopic (exact) mass is 391 g/mol. The van der Waals surface area contributed by atoms with Gasteiger partial charge in [0.25, 0.3) is 0 Å². The summed E-state index contributed by atoms with van der Waals surface area (Å²) in [5.41, 5.74) is 0.745. The van der Waals surface area contributed by atoms with Crippen molar-refractivity contribution in [3.8, 4) is 30.3 Å². The molecule has 28 heavy (non-hydrogen) atoms. The summed E-state index contributed by atoms with van der Waals surface area (Å²) in [4.78, 5) is 24.6. The van der Waals surface area contributed by atoms with E-state index in [1.165, 1.54) is 0 Å². The van der Waals surface area contributed by atoms with Gasteiger partial charge in [0.2, 0.25) is 0 Å². The van der Waals surface area contributed by atoms with Gasteiger partial charge in [-0.3, -0.25) is 9.69 Å². The predicted octanol–water partition coefficient (Wildman–Crippen LogP) is 2.18. The van der Waals surface area contributed by atoms with Crippen LogP contribution in [0.5, 0.6) is 0 Å². The molecule has 0 saturated carbocycles. The van der Waals surface area contributed by atoms with E-state index in [0.29, 0.717) is 4.90 Å². The minimum Gasteiger partial charge on any atom is -0.444 e. The van der Waals surface area contributed by atoms with Crippen molar-refractivity contribution in [2.45, 2.75) is 12.8 Å². The number of carbonyl (C=O) groups excluding carboxylic acids is 2. The Morgan fingerprint density at radius 2 is 1.64 bits per heavy atom. The summed E-state index contributed by atoms with van der Waals surface area (Å²) in [6, 6.07) is 10.6. The fraction of sp³-hybridized carbons (Fsp3) is 0.316. The van der Waals surface area contributed by atoms with E-state index in [0.717, 1.165) is 10.5 Å². The van der Waals surface area contributed by atoms with Crippen molar-refractivity contribution in [3.05, 3.63) is 35.9 Å². The van der Waals surface area contributed by atoms with E-state index in [4.69, 9.17) is 16.4 Å². The molecule has 1 aromatic rings. The van der Waals surface area contributed by atoms with Gasteiger partial charge in [-0.15, -0.1) is 6.42 Å². The molecule has 146 valence electrons. The van der Waals surface area contributed by atoms with Crippen molar-refractivity contribution < 1.29 is 27.5 Å². The first kappa shape index (κ1) is 22.4. The van der Waals surface area contributed by atoms with Gasteiger partial charge in [0, 0.05) is 0 Å². The van der Waals surface area contributed by atoms with E-state index >= 15 is 0 Å². The number of hydrogen-bond acceptors (Lipinski definition) is 4. The maximum absolute atomic E-state index is 12.5. The van der Waals surface area contributed by atoms with Crippen LogP contribution in [0.1, 0.15) is 5.56 Å². The van der Waals surface area contributed by atoms with Crippen LogP contribution in [-0.4, -0.2) is 54.2 Å². The number of hydrogen-bond donors (Lipinski definition) is 0. The second-order valence-electron chi connectivity index (χ2n) is 5.27. The number of rotatable bonds is 6. The molecule has 0 atom stereocenters. The molecule has 1 rings (SSSR count). The zero-order valence-corrected chi connectivity index (χ0v) is 14.7. The number of terminal acetylenes is 1. The first-order chi connectivity index (χ1) is 13.3. The highest BCUT2D eigenvalue weighted by atomic mass is 19.4. The fourth-order valence-electron chi connectivity index (χ4n) is 1.87. The highest BCUT2D eigenvalue weighted by molar-refractivity contribution is 5.82. The van der Waals surface area contributed by atoms with Gasteiger partial charge in [0.1, 0.15) is 13.2 Å². The number of ether oxygens (including phenoxy) is 1. The second-order valence-corrected chi connectivity index (χ2v) is 5.27. The minimum absolute atomic E-state index is 0.00887. The van der Waals surface area contributed by atoms with Crippen LogP contribution in [-0.2, 0) is 16.1 Å². The van der Waals surface area contributed by atoms with Crippen LogP contribution in [0.15, 0.2) is 30.3 Å². The quantitative estimate of drug-likeness (QED) is 0.550. The summed E-state index contributed by atoms with van der Waals surface area (Å²) in [5, 5.41) is 8.80. The van der Waals surface area contributed by atoms with Gasteiger partial charge >= 0.3 is 18.2 Å². The molecule has 0 aliphatic rings. The maximum atomic E-state index is 12.5. The number of amides is 2. The number of halogens is 3. The Labute approximate surface area is 160 Å². The largest absolute Gasteiger partial charge is 0.471 e. The Hall–Kier alpha value is -3.64. The molecule has 0 aromatic heterocycles. The number of nitrogens with zero attached hydrogens (tertiary/aromatic N) is 3. The molecule has 0 fully saturated rings. The summed E-state index contributed by atoms with van der Waals surface area (Å²) in [6.07, 6.45) is -0.904. The molecule has 0 bridgehead atoms. The van der Waals surface area contributed by atoms with Crippen molar-refractivity contribution in [3.63, 3.8) is 0 Å². The molecule has 0 saturated heterocycles. The lowest BCUT2D eigenvalue weighted by Gasteiger charge is -2.19. The van der Waals surface area contributed by atoms with Crippen LogP contribution < -0.4 is 0 Å². The van der Waals surface area contributed by atoms with Gasteiger partial charge in [0.05, 0.1) is 25.7 Å². The van der Waals surface area contributed by atoms with Crippen molar-refractivity contribution in [1.29, 1.82) is 5.26 Å². The average molecular weight is 391 g/mol. The number of benzene rings is 1. The molecule has 0 aliphatic heterocycles. The Morgan fingerprint density at radius 1 is 1.04 bits per heavy atom. The van der Waals surface area contributed by atoms with Crippen LogP contribution in [0.2, 0.25) is 0 Å². The van der Waals surface area contributed by atoms with Gasteiger partial charge in [0.15, 0.2) is 0 Å². The SMILES string of the molecule is C#CCN(CC#CCN(CC#N)C(=O)OCc1ccccc1)C(=O)C(F)(F)F. The van der Waals surface area contributed by atoms with Crippen molar-refractivity contribution in [1.82, 2.24) is 9.80 Å². The zero-order valence-electron chi connectivity index (χ0n) is 14.7. The van der Waals surface area contributed by atoms with Crippen molar-refractivity contribution in [2.75, 3.05) is 26.2 Å². The highest BCUT2D eigenvalue weighted by Crippen LogP contribution is 2.17. The van der Waals surface area contributed by atoms with Crippen molar-refractivity contribution in [2.24, 2.45) is 0 Å². The molecule has 0 radical (unpaired) electrons. The molecule has 0 N–H and O–H groups in total. The lowest BCUT2D eigenvalue weighted by molar-refractivity contribution is -0.184. The van der Waals surface area contributed by atoms with Crippen LogP contribution in [0, 0.1) is 35.5 Å². The van der Waals surface area contributed by atoms with Gasteiger partial charge in [-0.2, -0.15) is 18.4 Å². The normalized spacial score (nSPS) is 9.89. The van der Waals surface area contributed by atoms with Crippen molar-refractivity contribution >= 4 is 12.0 Å². The summed E-state index contributed by atoms with van der Waals surface area (Å²) in [6.45, 7) is -1.72. The van der Waals surface area contributed by atoms with Gasteiger partial charge in [-0.05, 0) is 5.56 Å². The minimum atomic E-state index is -5.06. The number of alkyl halides is 3. The molecule has 0 spiro atoms. The standard InChI is InChI=1S/C19H16F3N3O3/c1-2-11-24(17(26)19(20,21)22)12-6-7-13-25(14-10-23)18(27)28-15-16-8-4-3-5-9-16/h1,3-5,8-9H,11-15H2. The number of nitriles is 1. The zero-order chi connectivity index (χ0) is 21.0. The lowest BCUT2D eigenvalue weighted by Crippen LogP contribution is -2.41. The molecular weight excluding hydrogens is 375 g/mol. The maximum Gasteiger partial charge on any atom is 0.471 e. The lowest BCUT2D eigenvalue weighted by atomic mass is 10.2. The first-order valence-electron chi connectivity index (χ1n) is 7.87. The molecule has 9 heteroatoms. The molecule has 0 aliphatic carbocycles. The van der Waals surface area contributed by atoms with E-state index in [2.05, 4.69) is 11.8 Å². The molecule has 0 heterocycles. The van der Waals surface area contributed by atoms with Crippen LogP contribution in [0.3, 0.4) is 0 Å². The third-order valence-electron chi connectivity index (χ3n) is 3.20. The Morgan fingerprint density at radius 3 is 2.18 bits per heavy atom. The summed E-state index contributed by atoms with van der Waals surface area (Å²) >= 11 is 0. The average Bonchev–Trinajstić information content (AvgIpc) is 2.67. The van der Waals surface area contributed by atoms with Crippen LogP contribution in [0.4, 0.5) is 18.0 Å². The molecule has 0 unspecified atom stereocenters. The fourth-order valence-corrected chi connectivity index (χ4v) is 1.87. The topological polar surface area (TPSA) is 73.6 Å². The Balaban J connectivity index is 2.65. The van der Waals surface area contributed by atoms with Gasteiger partial charge in [-0.25, -0.2) is 4.79 Å². The van der Waals surface area contributed by atoms with E-state index in [9.17, 15) is 22.8 Å². The van der Waals surface area contributed by atoms with Crippen LogP contribution in [0.25, 0.3) is 0 Å². The molecular formula is C19H16F3N3O3. The Bertz CT molecular complexity index is 815. The summed E-state index contributed by atoms with van der Waals surface area (Å²) < 4.78 is 42.5. The van der Waals surface area contributed by atoms with Crippen LogP contribution >= 0.6 is 0 Å². The van der Waals surface area contributed by atoms with E-state index < -0.39 is 31.3 Å². The van der Waals surface area contributed by atoms with Gasteiger partial charge in [-0.1, -0.05) is 48.1 Å². The summed E-state index contributed by atoms with van der Waals surface area (Å²) in [5.74, 6) is 4.63. The summed E-state index contributed by atoms with van der Waals surface area (Å²) in [7, 11) is 0. The third kappa shape index (κ3) is 7.72. The molecule has 1 aromatic carbocycles. The Kier molecular flexibility index (Phi) is 8.92.